The summed E-state index contributed by atoms with van der Waals surface area (Å²) in [5.41, 5.74) is -0.161. The van der Waals surface area contributed by atoms with Crippen molar-refractivity contribution in [3.05, 3.63) is 11.3 Å². The number of anilines is 1. The molecular weight excluding hydrogens is 304 g/mol. The Morgan fingerprint density at radius 2 is 1.73 bits per heavy atom. The van der Waals surface area contributed by atoms with Crippen molar-refractivity contribution in [1.82, 2.24) is 9.97 Å². The summed E-state index contributed by atoms with van der Waals surface area (Å²) in [6.07, 6.45) is 1.70. The van der Waals surface area contributed by atoms with Gasteiger partial charge in [-0.15, -0.1) is 0 Å². The molecule has 0 N–H and O–H groups in total. The predicted octanol–water partition coefficient (Wildman–Crippen LogP) is 1.27. The molecule has 120 valence electrons. The van der Waals surface area contributed by atoms with Gasteiger partial charge in [0.05, 0.1) is 24.4 Å². The van der Waals surface area contributed by atoms with Crippen LogP contribution < -0.4 is 10.4 Å². The van der Waals surface area contributed by atoms with Crippen LogP contribution in [0.2, 0.25) is 5.15 Å². The molecule has 2 aliphatic heterocycles. The number of hydrogen-bond acceptors (Lipinski definition) is 6. The SMILES string of the molecule is CC1(C)OB(c2cnc(N3CCOCC3)nc2Cl)OC1(C)C. The van der Waals surface area contributed by atoms with Gasteiger partial charge in [0.15, 0.2) is 0 Å². The third-order valence-electron chi connectivity index (χ3n) is 4.56. The second-order valence-electron chi connectivity index (χ2n) is 6.60. The van der Waals surface area contributed by atoms with Crippen LogP contribution in [0.25, 0.3) is 0 Å². The van der Waals surface area contributed by atoms with Crippen LogP contribution in [-0.4, -0.2) is 54.6 Å². The van der Waals surface area contributed by atoms with Crippen molar-refractivity contribution in [2.24, 2.45) is 0 Å². The first-order chi connectivity index (χ1) is 10.3. The molecule has 0 unspecified atom stereocenters. The lowest BCUT2D eigenvalue weighted by Gasteiger charge is -2.32. The molecule has 0 amide bonds. The lowest BCUT2D eigenvalue weighted by Crippen LogP contribution is -2.41. The third kappa shape index (κ3) is 2.83. The van der Waals surface area contributed by atoms with Gasteiger partial charge in [-0.1, -0.05) is 11.6 Å². The molecule has 2 fully saturated rings. The molecule has 0 bridgehead atoms. The largest absolute Gasteiger partial charge is 0.499 e. The lowest BCUT2D eigenvalue weighted by molar-refractivity contribution is 0.00578. The highest BCUT2D eigenvalue weighted by molar-refractivity contribution is 6.65. The molecule has 0 aromatic carbocycles. The van der Waals surface area contributed by atoms with E-state index < -0.39 is 18.3 Å². The fraction of sp³-hybridized carbons (Fsp3) is 0.714. The number of halogens is 1. The van der Waals surface area contributed by atoms with E-state index in [-0.39, 0.29) is 0 Å². The van der Waals surface area contributed by atoms with E-state index in [2.05, 4.69) is 14.9 Å². The second kappa shape index (κ2) is 5.63. The molecule has 22 heavy (non-hydrogen) atoms. The normalized spacial score (nSPS) is 23.9. The number of nitrogens with zero attached hydrogens (tertiary/aromatic N) is 3. The topological polar surface area (TPSA) is 56.7 Å². The molecule has 0 spiro atoms. The van der Waals surface area contributed by atoms with Crippen LogP contribution in [0.5, 0.6) is 0 Å². The summed E-state index contributed by atoms with van der Waals surface area (Å²) in [5, 5.41) is 0.370. The molecule has 2 saturated heterocycles. The molecule has 0 aliphatic carbocycles. The van der Waals surface area contributed by atoms with E-state index in [4.69, 9.17) is 25.6 Å². The summed E-state index contributed by atoms with van der Waals surface area (Å²) < 4.78 is 17.3. The van der Waals surface area contributed by atoms with Gasteiger partial charge in [0.25, 0.3) is 0 Å². The van der Waals surface area contributed by atoms with Crippen molar-refractivity contribution in [3.63, 3.8) is 0 Å². The number of ether oxygens (including phenoxy) is 1. The average molecular weight is 326 g/mol. The average Bonchev–Trinajstić information content (AvgIpc) is 2.68. The van der Waals surface area contributed by atoms with E-state index in [9.17, 15) is 0 Å². The Balaban J connectivity index is 1.81. The standard InChI is InChI=1S/C14H21BClN3O3/c1-13(2)14(3,4)22-15(21-13)10-9-17-12(18-11(10)16)19-5-7-20-8-6-19/h9H,5-8H2,1-4H3. The number of rotatable bonds is 2. The highest BCUT2D eigenvalue weighted by Gasteiger charge is 2.52. The Bertz CT molecular complexity index is 548. The smallest absolute Gasteiger partial charge is 0.399 e. The number of morpholine rings is 1. The van der Waals surface area contributed by atoms with E-state index >= 15 is 0 Å². The minimum Gasteiger partial charge on any atom is -0.399 e. The zero-order valence-corrected chi connectivity index (χ0v) is 14.2. The van der Waals surface area contributed by atoms with Gasteiger partial charge in [-0.25, -0.2) is 9.97 Å². The van der Waals surface area contributed by atoms with Crippen molar-refractivity contribution in [1.29, 1.82) is 0 Å². The first-order valence-corrected chi connectivity index (χ1v) is 7.89. The van der Waals surface area contributed by atoms with Gasteiger partial charge in [0.1, 0.15) is 5.15 Å². The Kier molecular flexibility index (Phi) is 4.10. The molecule has 8 heteroatoms. The fourth-order valence-corrected chi connectivity index (χ4v) is 2.62. The van der Waals surface area contributed by atoms with Gasteiger partial charge in [0.2, 0.25) is 5.95 Å². The van der Waals surface area contributed by atoms with Crippen LogP contribution in [0.4, 0.5) is 5.95 Å². The summed E-state index contributed by atoms with van der Waals surface area (Å²) in [5.74, 6) is 0.619. The van der Waals surface area contributed by atoms with Gasteiger partial charge in [0, 0.05) is 24.7 Å². The maximum absolute atomic E-state index is 6.35. The van der Waals surface area contributed by atoms with Crippen molar-refractivity contribution < 1.29 is 14.0 Å². The predicted molar refractivity (Wildman–Crippen MR) is 85.8 cm³/mol. The number of aromatic nitrogens is 2. The molecule has 1 aromatic heterocycles. The van der Waals surface area contributed by atoms with E-state index in [1.807, 2.05) is 27.7 Å². The molecule has 0 atom stereocenters. The molecule has 1 aromatic rings. The lowest BCUT2D eigenvalue weighted by atomic mass is 9.81. The fourth-order valence-electron chi connectivity index (χ4n) is 2.41. The number of hydrogen-bond donors (Lipinski definition) is 0. The van der Waals surface area contributed by atoms with Crippen molar-refractivity contribution >= 4 is 30.1 Å². The van der Waals surface area contributed by atoms with Gasteiger partial charge in [-0.2, -0.15) is 0 Å². The molecule has 3 rings (SSSR count). The van der Waals surface area contributed by atoms with Crippen molar-refractivity contribution in [2.75, 3.05) is 31.2 Å². The minimum atomic E-state index is -0.545. The Morgan fingerprint density at radius 3 is 2.27 bits per heavy atom. The summed E-state index contributed by atoms with van der Waals surface area (Å²) in [6, 6.07) is 0. The molecule has 3 heterocycles. The summed E-state index contributed by atoms with van der Waals surface area (Å²) in [7, 11) is -0.545. The second-order valence-corrected chi connectivity index (χ2v) is 6.96. The molecular formula is C14H21BClN3O3. The third-order valence-corrected chi connectivity index (χ3v) is 4.86. The Hall–Kier alpha value is -0.885. The molecule has 0 radical (unpaired) electrons. The summed E-state index contributed by atoms with van der Waals surface area (Å²) in [6.45, 7) is 10.9. The molecule has 0 saturated carbocycles. The molecule has 6 nitrogen and oxygen atoms in total. The van der Waals surface area contributed by atoms with Crippen LogP contribution in [0.3, 0.4) is 0 Å². The Labute approximate surface area is 136 Å². The van der Waals surface area contributed by atoms with E-state index in [0.29, 0.717) is 29.8 Å². The van der Waals surface area contributed by atoms with Gasteiger partial charge in [-0.05, 0) is 27.7 Å². The monoisotopic (exact) mass is 325 g/mol. The van der Waals surface area contributed by atoms with E-state index in [1.54, 1.807) is 6.20 Å². The first-order valence-electron chi connectivity index (χ1n) is 7.51. The van der Waals surface area contributed by atoms with Gasteiger partial charge >= 0.3 is 7.12 Å². The highest BCUT2D eigenvalue weighted by atomic mass is 35.5. The van der Waals surface area contributed by atoms with E-state index in [0.717, 1.165) is 13.1 Å². The maximum atomic E-state index is 6.35. The van der Waals surface area contributed by atoms with Gasteiger partial charge < -0.3 is 18.9 Å². The van der Waals surface area contributed by atoms with Crippen LogP contribution in [0.15, 0.2) is 6.20 Å². The van der Waals surface area contributed by atoms with Crippen molar-refractivity contribution in [3.8, 4) is 0 Å². The van der Waals surface area contributed by atoms with Crippen LogP contribution in [0.1, 0.15) is 27.7 Å². The highest BCUT2D eigenvalue weighted by Crippen LogP contribution is 2.36. The minimum absolute atomic E-state index is 0.370. The molecule has 2 aliphatic rings. The summed E-state index contributed by atoms with van der Waals surface area (Å²) in [4.78, 5) is 10.9. The first kappa shape index (κ1) is 16.0. The quantitative estimate of drug-likeness (QED) is 0.603. The van der Waals surface area contributed by atoms with Crippen molar-refractivity contribution in [2.45, 2.75) is 38.9 Å². The zero-order chi connectivity index (χ0) is 16.0. The Morgan fingerprint density at radius 1 is 1.14 bits per heavy atom. The summed E-state index contributed by atoms with van der Waals surface area (Å²) >= 11 is 6.35. The van der Waals surface area contributed by atoms with Crippen LogP contribution >= 0.6 is 11.6 Å². The van der Waals surface area contributed by atoms with Gasteiger partial charge in [-0.3, -0.25) is 0 Å². The van der Waals surface area contributed by atoms with E-state index in [1.165, 1.54) is 0 Å². The van der Waals surface area contributed by atoms with Crippen LogP contribution in [0, 0.1) is 0 Å². The van der Waals surface area contributed by atoms with Crippen LogP contribution in [-0.2, 0) is 14.0 Å². The zero-order valence-electron chi connectivity index (χ0n) is 13.4. The maximum Gasteiger partial charge on any atom is 0.499 e.